The van der Waals surface area contributed by atoms with Gasteiger partial charge >= 0.3 is 0 Å². The van der Waals surface area contributed by atoms with Crippen LogP contribution in [-0.4, -0.2) is 17.1 Å². The molecule has 1 heterocycles. The van der Waals surface area contributed by atoms with Crippen LogP contribution in [0, 0.1) is 0 Å². The maximum absolute atomic E-state index is 5.60. The normalized spacial score (nSPS) is 14.3. The first-order valence-corrected chi connectivity index (χ1v) is 5.99. The second kappa shape index (κ2) is 4.64. The van der Waals surface area contributed by atoms with Crippen molar-refractivity contribution >= 4 is 0 Å². The van der Waals surface area contributed by atoms with E-state index in [1.165, 1.54) is 24.6 Å². The van der Waals surface area contributed by atoms with Crippen molar-refractivity contribution in [3.05, 3.63) is 42.2 Å². The summed E-state index contributed by atoms with van der Waals surface area (Å²) in [5.74, 6) is 2.49. The molecule has 0 aliphatic heterocycles. The van der Waals surface area contributed by atoms with E-state index in [2.05, 4.69) is 22.1 Å². The minimum Gasteiger partial charge on any atom is -0.480 e. The van der Waals surface area contributed by atoms with Gasteiger partial charge in [0, 0.05) is 0 Å². The Balaban J connectivity index is 1.70. The Bertz CT molecular complexity index is 518. The van der Waals surface area contributed by atoms with E-state index in [-0.39, 0.29) is 0 Å². The molecule has 18 heavy (non-hydrogen) atoms. The van der Waals surface area contributed by atoms with E-state index in [1.807, 2.05) is 12.1 Å². The zero-order valence-electron chi connectivity index (χ0n) is 10.2. The quantitative estimate of drug-likeness (QED) is 0.826. The van der Waals surface area contributed by atoms with Crippen molar-refractivity contribution in [3.8, 4) is 17.5 Å². The lowest BCUT2D eigenvalue weighted by molar-refractivity contribution is 0.389. The fourth-order valence-electron chi connectivity index (χ4n) is 1.81. The largest absolute Gasteiger partial charge is 0.480 e. The molecule has 4 nitrogen and oxygen atoms in total. The average Bonchev–Trinajstić information content (AvgIpc) is 3.25. The third kappa shape index (κ3) is 2.42. The van der Waals surface area contributed by atoms with Gasteiger partial charge in [-0.2, -0.15) is 0 Å². The molecule has 0 unspecified atom stereocenters. The van der Waals surface area contributed by atoms with Crippen LogP contribution in [0.15, 0.2) is 36.7 Å². The van der Waals surface area contributed by atoms with Gasteiger partial charge in [-0.15, -0.1) is 0 Å². The topological polar surface area (TPSA) is 44.2 Å². The summed E-state index contributed by atoms with van der Waals surface area (Å²) in [5, 5.41) is 0. The van der Waals surface area contributed by atoms with Crippen molar-refractivity contribution < 1.29 is 9.47 Å². The molecule has 3 rings (SSSR count). The predicted octanol–water partition coefficient (Wildman–Crippen LogP) is 3.15. The van der Waals surface area contributed by atoms with Gasteiger partial charge < -0.3 is 9.47 Å². The van der Waals surface area contributed by atoms with Crippen molar-refractivity contribution in [2.45, 2.75) is 18.8 Å². The van der Waals surface area contributed by atoms with Gasteiger partial charge in [-0.05, 0) is 36.5 Å². The molecular weight excluding hydrogens is 228 g/mol. The van der Waals surface area contributed by atoms with Crippen LogP contribution < -0.4 is 9.47 Å². The number of aromatic nitrogens is 2. The van der Waals surface area contributed by atoms with Crippen molar-refractivity contribution in [3.63, 3.8) is 0 Å². The Morgan fingerprint density at radius 1 is 1.00 bits per heavy atom. The van der Waals surface area contributed by atoms with Gasteiger partial charge in [-0.1, -0.05) is 12.1 Å². The summed E-state index contributed by atoms with van der Waals surface area (Å²) in [6.45, 7) is 0. The van der Waals surface area contributed by atoms with E-state index in [0.29, 0.717) is 11.8 Å². The number of hydrogen-bond donors (Lipinski definition) is 0. The number of methoxy groups -OCH3 is 1. The molecule has 1 aromatic heterocycles. The van der Waals surface area contributed by atoms with Crippen LogP contribution in [0.25, 0.3) is 0 Å². The molecule has 92 valence electrons. The predicted molar refractivity (Wildman–Crippen MR) is 67.1 cm³/mol. The molecule has 2 aromatic rings. The van der Waals surface area contributed by atoms with Gasteiger partial charge in [-0.3, -0.25) is 0 Å². The van der Waals surface area contributed by atoms with E-state index in [1.54, 1.807) is 13.3 Å². The molecule has 0 N–H and O–H groups in total. The number of ether oxygens (including phenoxy) is 2. The highest BCUT2D eigenvalue weighted by Crippen LogP contribution is 2.40. The molecule has 0 saturated heterocycles. The Morgan fingerprint density at radius 2 is 1.67 bits per heavy atom. The SMILES string of the molecule is COc1cnc(Oc2ccc(C3CC3)cc2)cn1. The highest BCUT2D eigenvalue weighted by Gasteiger charge is 2.22. The zero-order valence-corrected chi connectivity index (χ0v) is 10.2. The first kappa shape index (κ1) is 11.0. The van der Waals surface area contributed by atoms with Crippen molar-refractivity contribution in [2.75, 3.05) is 7.11 Å². The van der Waals surface area contributed by atoms with Crippen molar-refractivity contribution in [1.29, 1.82) is 0 Å². The Morgan fingerprint density at radius 3 is 2.22 bits per heavy atom. The first-order valence-electron chi connectivity index (χ1n) is 5.99. The van der Waals surface area contributed by atoms with Crippen LogP contribution in [-0.2, 0) is 0 Å². The van der Waals surface area contributed by atoms with Crippen LogP contribution in [0.3, 0.4) is 0 Å². The first-order chi connectivity index (χ1) is 8.85. The molecule has 1 aromatic carbocycles. The molecule has 1 fully saturated rings. The summed E-state index contributed by atoms with van der Waals surface area (Å²) >= 11 is 0. The molecular formula is C14H14N2O2. The average molecular weight is 242 g/mol. The van der Waals surface area contributed by atoms with E-state index in [0.717, 1.165) is 11.7 Å². The van der Waals surface area contributed by atoms with Crippen LogP contribution >= 0.6 is 0 Å². The summed E-state index contributed by atoms with van der Waals surface area (Å²) < 4.78 is 10.5. The maximum atomic E-state index is 5.60. The lowest BCUT2D eigenvalue weighted by Crippen LogP contribution is -1.92. The fourth-order valence-corrected chi connectivity index (χ4v) is 1.81. The minimum absolute atomic E-state index is 0.468. The van der Waals surface area contributed by atoms with Gasteiger partial charge in [0.15, 0.2) is 0 Å². The van der Waals surface area contributed by atoms with E-state index < -0.39 is 0 Å². The number of hydrogen-bond acceptors (Lipinski definition) is 4. The van der Waals surface area contributed by atoms with Crippen molar-refractivity contribution in [1.82, 2.24) is 9.97 Å². The maximum Gasteiger partial charge on any atom is 0.238 e. The van der Waals surface area contributed by atoms with Gasteiger partial charge in [-0.25, -0.2) is 9.97 Å². The van der Waals surface area contributed by atoms with Crippen molar-refractivity contribution in [2.24, 2.45) is 0 Å². The zero-order chi connectivity index (χ0) is 12.4. The van der Waals surface area contributed by atoms with Crippen LogP contribution in [0.4, 0.5) is 0 Å². The van der Waals surface area contributed by atoms with Gasteiger partial charge in [0.1, 0.15) is 5.75 Å². The Labute approximate surface area is 106 Å². The number of benzene rings is 1. The second-order valence-corrected chi connectivity index (χ2v) is 4.34. The Kier molecular flexibility index (Phi) is 2.84. The summed E-state index contributed by atoms with van der Waals surface area (Å²) in [6.07, 6.45) is 5.70. The Hall–Kier alpha value is -2.10. The summed E-state index contributed by atoms with van der Waals surface area (Å²) in [7, 11) is 1.56. The van der Waals surface area contributed by atoms with E-state index in [9.17, 15) is 0 Å². The lowest BCUT2D eigenvalue weighted by Gasteiger charge is -2.05. The highest BCUT2D eigenvalue weighted by molar-refractivity contribution is 5.33. The standard InChI is InChI=1S/C14H14N2O2/c1-17-13-8-16-14(9-15-13)18-12-6-4-11(5-7-12)10-2-3-10/h4-10H,2-3H2,1H3. The van der Waals surface area contributed by atoms with Gasteiger partial charge in [0.05, 0.1) is 19.5 Å². The number of nitrogens with zero attached hydrogens (tertiary/aromatic N) is 2. The number of rotatable bonds is 4. The third-order valence-electron chi connectivity index (χ3n) is 2.96. The molecule has 0 amide bonds. The van der Waals surface area contributed by atoms with Crippen LogP contribution in [0.5, 0.6) is 17.5 Å². The monoisotopic (exact) mass is 242 g/mol. The van der Waals surface area contributed by atoms with E-state index in [4.69, 9.17) is 9.47 Å². The summed E-state index contributed by atoms with van der Waals surface area (Å²) in [6, 6.07) is 8.17. The third-order valence-corrected chi connectivity index (χ3v) is 2.96. The smallest absolute Gasteiger partial charge is 0.238 e. The van der Waals surface area contributed by atoms with E-state index >= 15 is 0 Å². The minimum atomic E-state index is 0.468. The molecule has 4 heteroatoms. The molecule has 0 atom stereocenters. The second-order valence-electron chi connectivity index (χ2n) is 4.34. The molecule has 1 aliphatic rings. The summed E-state index contributed by atoms with van der Waals surface area (Å²) in [5.41, 5.74) is 1.39. The molecule has 1 aliphatic carbocycles. The van der Waals surface area contributed by atoms with Crippen LogP contribution in [0.1, 0.15) is 24.3 Å². The van der Waals surface area contributed by atoms with Gasteiger partial charge in [0.25, 0.3) is 0 Å². The molecule has 0 radical (unpaired) electrons. The highest BCUT2D eigenvalue weighted by atomic mass is 16.5. The van der Waals surface area contributed by atoms with Gasteiger partial charge in [0.2, 0.25) is 11.8 Å². The molecule has 0 bridgehead atoms. The summed E-state index contributed by atoms with van der Waals surface area (Å²) in [4.78, 5) is 8.14. The van der Waals surface area contributed by atoms with Crippen LogP contribution in [0.2, 0.25) is 0 Å². The fraction of sp³-hybridized carbons (Fsp3) is 0.286. The lowest BCUT2D eigenvalue weighted by atomic mass is 10.1. The molecule has 0 spiro atoms. The molecule has 1 saturated carbocycles.